The van der Waals surface area contributed by atoms with Crippen LogP contribution >= 0.6 is 0 Å². The third-order valence-corrected chi connectivity index (χ3v) is 0. The third-order valence-electron chi connectivity index (χ3n) is 0. The maximum absolute atomic E-state index is 8.00. The van der Waals surface area contributed by atoms with Gasteiger partial charge in [-0.05, 0) is 0 Å². The molecule has 0 bridgehead atoms. The molecule has 0 N–H and O–H groups in total. The van der Waals surface area contributed by atoms with E-state index in [0.717, 1.165) is 0 Å². The molecule has 0 heterocycles. The molecule has 0 aliphatic carbocycles. The Morgan fingerprint density at radius 3 is 0.333 bits per heavy atom. The monoisotopic (exact) mass is 262 g/mol. The van der Waals surface area contributed by atoms with Crippen LogP contribution < -0.4 is 0 Å². The summed E-state index contributed by atoms with van der Waals surface area (Å²) in [6.07, 6.45) is 0. The Bertz CT molecular complexity index is 29.4. The van der Waals surface area contributed by atoms with Crippen molar-refractivity contribution in [3.8, 4) is 0 Å². The maximum atomic E-state index is 8.00. The van der Waals surface area contributed by atoms with E-state index in [1.165, 1.54) is 0 Å². The summed E-state index contributed by atoms with van der Waals surface area (Å²) in [5, 5.41) is 0. The molecule has 0 fully saturated rings. The molecule has 0 aliphatic rings. The Labute approximate surface area is 92.2 Å². The summed E-state index contributed by atoms with van der Waals surface area (Å²) in [6.45, 7) is 10.0. The summed E-state index contributed by atoms with van der Waals surface area (Å²) < 4.78 is 0. The minimum atomic E-state index is 0. The van der Waals surface area contributed by atoms with E-state index in [0.29, 0.717) is 0 Å². The van der Waals surface area contributed by atoms with Crippen molar-refractivity contribution in [1.29, 1.82) is 0 Å². The van der Waals surface area contributed by atoms with E-state index >= 15 is 0 Å². The van der Waals surface area contributed by atoms with Crippen LogP contribution in [0.5, 0.6) is 0 Å². The van der Waals surface area contributed by atoms with E-state index in [2.05, 4.69) is 0 Å². The van der Waals surface area contributed by atoms with Crippen molar-refractivity contribution in [2.75, 3.05) is 0 Å². The molecule has 7 heteroatoms. The van der Waals surface area contributed by atoms with Crippen LogP contribution in [0.3, 0.4) is 0 Å². The fourth-order valence-corrected chi connectivity index (χ4v) is 0. The van der Waals surface area contributed by atoms with Crippen LogP contribution in [0.1, 0.15) is 0 Å². The maximum Gasteiger partial charge on any atom is 0.106 e. The number of rotatable bonds is 0. The summed E-state index contributed by atoms with van der Waals surface area (Å²) in [5.74, 6) is 0. The van der Waals surface area contributed by atoms with E-state index in [9.17, 15) is 0 Å². The van der Waals surface area contributed by atoms with Gasteiger partial charge in [0.05, 0.1) is 0 Å². The minimum absolute atomic E-state index is 0. The first-order valence-corrected chi connectivity index (χ1v) is 1.44. The van der Waals surface area contributed by atoms with E-state index in [1.54, 1.807) is 0 Å². The number of hydrogen-bond donors (Lipinski definition) is 0. The molecule has 76 valence electrons. The average Bonchev–Trinajstić information content (AvgIpc) is 2.20. The van der Waals surface area contributed by atoms with Crippen molar-refractivity contribution in [2.24, 2.45) is 0 Å². The van der Waals surface area contributed by atoms with Gasteiger partial charge in [-0.3, -0.25) is 0 Å². The van der Waals surface area contributed by atoms with Gasteiger partial charge in [0.25, 0.3) is 0 Å². The van der Waals surface area contributed by atoms with Crippen molar-refractivity contribution in [3.63, 3.8) is 0 Å². The predicted octanol–water partition coefficient (Wildman–Crippen LogP) is -0.930. The molecule has 5 nitrogen and oxygen atoms in total. The Hall–Kier alpha value is -0.611. The Morgan fingerprint density at radius 1 is 0.333 bits per heavy atom. The minimum Gasteiger partial charge on any atom is -0.307 e. The van der Waals surface area contributed by atoms with Crippen LogP contribution in [-0.2, 0) is 58.1 Å². The smallest absolute Gasteiger partial charge is 0.106 e. The van der Waals surface area contributed by atoms with Gasteiger partial charge in [-0.15, -0.1) is 0 Å². The van der Waals surface area contributed by atoms with Crippen molar-refractivity contribution in [1.82, 2.24) is 0 Å². The van der Waals surface area contributed by atoms with Crippen LogP contribution in [0.15, 0.2) is 0 Å². The molecule has 0 rings (SSSR count). The predicted molar refractivity (Wildman–Crippen MR) is 35.6 cm³/mol. The van der Waals surface area contributed by atoms with Crippen molar-refractivity contribution in [2.45, 2.75) is 0 Å². The first-order chi connectivity index (χ1) is 5.00. The fourth-order valence-electron chi connectivity index (χ4n) is 0. The normalized spacial score (nSPS) is 1.67. The van der Waals surface area contributed by atoms with Crippen molar-refractivity contribution >= 4 is 33.9 Å². The van der Waals surface area contributed by atoms with E-state index in [1.807, 2.05) is 33.9 Å². The van der Waals surface area contributed by atoms with Crippen LogP contribution in [0, 0.1) is 0 Å². The van der Waals surface area contributed by atoms with Gasteiger partial charge in [0, 0.05) is 34.1 Å². The molecule has 0 aromatic heterocycles. The quantitative estimate of drug-likeness (QED) is 0.526. The summed E-state index contributed by atoms with van der Waals surface area (Å²) in [5.41, 5.74) is 0. The molecule has 12 heavy (non-hydrogen) atoms. The number of carbonyl (C=O) groups is 5. The van der Waals surface area contributed by atoms with Gasteiger partial charge in [-0.2, -0.15) is 0 Å². The Balaban J connectivity index is -0.00000000500. The van der Waals surface area contributed by atoms with Crippen molar-refractivity contribution < 1.29 is 58.1 Å². The van der Waals surface area contributed by atoms with Gasteiger partial charge in [-0.25, -0.2) is 0 Å². The largest absolute Gasteiger partial charge is 0.307 e. The zero-order valence-corrected chi connectivity index (χ0v) is 8.49. The Morgan fingerprint density at radius 2 is 0.333 bits per heavy atom. The molecule has 0 saturated heterocycles. The van der Waals surface area contributed by atoms with Gasteiger partial charge in [0.15, 0.2) is 0 Å². The molecule has 0 atom stereocenters. The van der Waals surface area contributed by atoms with Crippen LogP contribution in [-0.4, -0.2) is 33.9 Å². The fraction of sp³-hybridized carbons (Fsp3) is 0. The van der Waals surface area contributed by atoms with Crippen LogP contribution in [0.4, 0.5) is 0 Å². The molecular weight excluding hydrogens is 252 g/mol. The number of carbonyl (C=O) groups excluding carboxylic acids is 5. The Kier molecular flexibility index (Phi) is 13000. The molecule has 0 spiro atoms. The third kappa shape index (κ3) is 1770. The zero-order valence-electron chi connectivity index (χ0n) is 6.28. The molecule has 0 aromatic rings. The van der Waals surface area contributed by atoms with E-state index in [4.69, 9.17) is 24.0 Å². The van der Waals surface area contributed by atoms with Crippen molar-refractivity contribution in [3.05, 3.63) is 0 Å². The second-order valence-electron chi connectivity index (χ2n) is 0. The molecule has 0 unspecified atom stereocenters. The topological polar surface area (TPSA) is 85.3 Å². The van der Waals surface area contributed by atoms with Gasteiger partial charge in [0.2, 0.25) is 0 Å². The summed E-state index contributed by atoms with van der Waals surface area (Å²) >= 11 is 0. The average molecular weight is 262 g/mol. The second kappa shape index (κ2) is 2450. The van der Waals surface area contributed by atoms with Crippen LogP contribution in [0.2, 0.25) is 0 Å². The van der Waals surface area contributed by atoms with Gasteiger partial charge in [0.1, 0.15) is 33.9 Å². The van der Waals surface area contributed by atoms with Crippen LogP contribution in [0.25, 0.3) is 0 Å². The van der Waals surface area contributed by atoms with E-state index < -0.39 is 0 Å². The second-order valence-corrected chi connectivity index (χ2v) is 0. The van der Waals surface area contributed by atoms with E-state index in [-0.39, 0.29) is 34.1 Å². The molecule has 0 aliphatic heterocycles. The molecule has 0 radical (unpaired) electrons. The summed E-state index contributed by atoms with van der Waals surface area (Å²) in [6, 6.07) is 0. The molecule has 0 aromatic carbocycles. The first kappa shape index (κ1) is 63.8. The summed E-state index contributed by atoms with van der Waals surface area (Å²) in [4.78, 5) is 40.0. The van der Waals surface area contributed by atoms with Gasteiger partial charge >= 0.3 is 0 Å². The first-order valence-electron chi connectivity index (χ1n) is 1.44. The molecule has 0 amide bonds. The molecule has 0 saturated carbocycles. The molecular formula is C5H10Fe2O5. The summed E-state index contributed by atoms with van der Waals surface area (Å²) in [7, 11) is 0. The number of hydrogen-bond acceptors (Lipinski definition) is 5. The van der Waals surface area contributed by atoms with Gasteiger partial charge in [-0.1, -0.05) is 0 Å². The zero-order chi connectivity index (χ0) is 10.0. The SMILES string of the molecule is C=O.C=O.C=O.C=O.C=O.[Fe].[Fe]. The standard InChI is InChI=1S/5CH2O.2Fe/c5*1-2;;/h5*1H2;;. The van der Waals surface area contributed by atoms with Gasteiger partial charge < -0.3 is 24.0 Å².